The number of hydrogen-bond donors (Lipinski definition) is 3. The lowest BCUT2D eigenvalue weighted by Crippen LogP contribution is -2.86. The number of β-lactam (4-membered cyclic amide) rings is 1. The van der Waals surface area contributed by atoms with Crippen LogP contribution in [0.15, 0.2) is 84.9 Å². The predicted octanol–water partition coefficient (Wildman–Crippen LogP) is 1.78. The minimum atomic E-state index is -2.11. The number of esters is 1. The summed E-state index contributed by atoms with van der Waals surface area (Å²) in [5.41, 5.74) is 5.86. The summed E-state index contributed by atoms with van der Waals surface area (Å²) in [6, 6.07) is 21.1. The van der Waals surface area contributed by atoms with Crippen molar-refractivity contribution in [2.75, 3.05) is 0 Å². The van der Waals surface area contributed by atoms with Gasteiger partial charge in [0.15, 0.2) is 10.8 Å². The van der Waals surface area contributed by atoms with E-state index in [0.717, 1.165) is 16.0 Å². The number of rotatable bonds is 11. The molecule has 5 rings (SSSR count). The van der Waals surface area contributed by atoms with E-state index in [-0.39, 0.29) is 30.9 Å². The van der Waals surface area contributed by atoms with Gasteiger partial charge in [0.25, 0.3) is 11.6 Å². The minimum Gasteiger partial charge on any atom is -0.614 e. The fourth-order valence-corrected chi connectivity index (χ4v) is 7.38. The Labute approximate surface area is 267 Å². The SMILES string of the molecule is CC1(C)[C@H](C(=O)OCc2ccccc2)N2C(=O)[C@@](NC=O)(NC(=O)C(N)c3ccc(OC(=O)OCc4ccccc4)cc3)[C@H]2[S+]1[O-]. The molecule has 5 atom stereocenters. The Morgan fingerprint density at radius 1 is 0.957 bits per heavy atom. The zero-order valence-corrected chi connectivity index (χ0v) is 25.7. The van der Waals surface area contributed by atoms with E-state index in [2.05, 4.69) is 10.6 Å². The van der Waals surface area contributed by atoms with E-state index in [4.69, 9.17) is 19.9 Å². The molecule has 2 unspecified atom stereocenters. The summed E-state index contributed by atoms with van der Waals surface area (Å²) < 4.78 is 28.1. The van der Waals surface area contributed by atoms with Crippen molar-refractivity contribution in [1.29, 1.82) is 0 Å². The molecular weight excluding hydrogens is 616 g/mol. The molecule has 46 heavy (non-hydrogen) atoms. The van der Waals surface area contributed by atoms with Gasteiger partial charge < -0.3 is 35.1 Å². The molecule has 2 aliphatic heterocycles. The molecule has 2 saturated heterocycles. The quantitative estimate of drug-likeness (QED) is 0.0690. The number of nitrogens with one attached hydrogen (secondary N) is 2. The molecule has 3 aromatic carbocycles. The molecule has 4 N–H and O–H groups in total. The van der Waals surface area contributed by atoms with Gasteiger partial charge in [0.2, 0.25) is 17.7 Å². The highest BCUT2D eigenvalue weighted by atomic mass is 32.2. The Morgan fingerprint density at radius 2 is 1.52 bits per heavy atom. The third kappa shape index (κ3) is 6.14. The van der Waals surface area contributed by atoms with Crippen LogP contribution in [0.3, 0.4) is 0 Å². The van der Waals surface area contributed by atoms with Crippen LogP contribution in [0.1, 0.15) is 36.6 Å². The fourth-order valence-electron chi connectivity index (χ4n) is 5.40. The van der Waals surface area contributed by atoms with Crippen LogP contribution in [-0.4, -0.2) is 61.6 Å². The molecule has 2 aliphatic rings. The summed E-state index contributed by atoms with van der Waals surface area (Å²) in [6.07, 6.45) is -0.724. The second-order valence-electron chi connectivity index (χ2n) is 11.2. The fraction of sp³-hybridized carbons (Fsp3) is 0.281. The first-order valence-electron chi connectivity index (χ1n) is 14.2. The van der Waals surface area contributed by atoms with Crippen molar-refractivity contribution in [3.05, 3.63) is 102 Å². The standard InChI is InChI=1S/C32H32N4O9S/c1-31(2)25(27(39)43-17-20-9-5-3-6-10-20)36-28(40)32(34-19-37,29(36)46(31)42)35-26(38)24(33)22-13-15-23(16-14-22)45-30(41)44-18-21-11-7-4-8-12-21/h3-16,19,24-25,29H,17-18,33H2,1-2H3,(H,34,37)(H,35,38)/t24?,25-,29+,32+,46?/m0/s1. The Morgan fingerprint density at radius 3 is 2.09 bits per heavy atom. The molecule has 13 nitrogen and oxygen atoms in total. The smallest absolute Gasteiger partial charge is 0.514 e. The van der Waals surface area contributed by atoms with Crippen molar-refractivity contribution < 1.29 is 42.7 Å². The second kappa shape index (κ2) is 13.2. The van der Waals surface area contributed by atoms with Crippen LogP contribution in [0.2, 0.25) is 0 Å². The Hall–Kier alpha value is -4.92. The average molecular weight is 649 g/mol. The third-order valence-electron chi connectivity index (χ3n) is 7.83. The van der Waals surface area contributed by atoms with Crippen LogP contribution in [-0.2, 0) is 53.0 Å². The zero-order valence-electron chi connectivity index (χ0n) is 24.9. The number of ether oxygens (including phenoxy) is 3. The van der Waals surface area contributed by atoms with Gasteiger partial charge in [-0.3, -0.25) is 19.3 Å². The third-order valence-corrected chi connectivity index (χ3v) is 10.1. The number of amides is 3. The van der Waals surface area contributed by atoms with E-state index >= 15 is 0 Å². The van der Waals surface area contributed by atoms with E-state index in [9.17, 15) is 28.5 Å². The molecule has 14 heteroatoms. The summed E-state index contributed by atoms with van der Waals surface area (Å²) in [5.74, 6) is -2.36. The highest BCUT2D eigenvalue weighted by Crippen LogP contribution is 2.50. The lowest BCUT2D eigenvalue weighted by Gasteiger charge is -2.50. The first-order valence-corrected chi connectivity index (χ1v) is 15.4. The second-order valence-corrected chi connectivity index (χ2v) is 13.3. The molecule has 0 aliphatic carbocycles. The molecule has 240 valence electrons. The predicted molar refractivity (Wildman–Crippen MR) is 164 cm³/mol. The van der Waals surface area contributed by atoms with Gasteiger partial charge in [0.1, 0.15) is 25.0 Å². The van der Waals surface area contributed by atoms with E-state index in [0.29, 0.717) is 0 Å². The summed E-state index contributed by atoms with van der Waals surface area (Å²) in [7, 11) is 0. The maximum absolute atomic E-state index is 13.7. The lowest BCUT2D eigenvalue weighted by atomic mass is 9.91. The number of nitrogens with two attached hydrogens (primary N) is 1. The average Bonchev–Trinajstić information content (AvgIpc) is 3.26. The highest BCUT2D eigenvalue weighted by molar-refractivity contribution is 7.94. The molecule has 2 fully saturated rings. The first kappa shape index (κ1) is 32.5. The molecule has 2 heterocycles. The van der Waals surface area contributed by atoms with Crippen LogP contribution in [0.4, 0.5) is 4.79 Å². The number of carbonyl (C=O) groups excluding carboxylic acids is 5. The normalized spacial score (nSPS) is 23.3. The van der Waals surface area contributed by atoms with Crippen molar-refractivity contribution in [3.63, 3.8) is 0 Å². The molecule has 0 radical (unpaired) electrons. The van der Waals surface area contributed by atoms with Gasteiger partial charge in [-0.2, -0.15) is 0 Å². The summed E-state index contributed by atoms with van der Waals surface area (Å²) in [5, 5.41) is 3.51. The highest BCUT2D eigenvalue weighted by Gasteiger charge is 2.80. The Balaban J connectivity index is 1.24. The number of fused-ring (bicyclic) bond motifs is 1. The molecule has 3 amide bonds. The van der Waals surface area contributed by atoms with E-state index in [1.165, 1.54) is 24.3 Å². The Kier molecular flexibility index (Phi) is 9.32. The maximum Gasteiger partial charge on any atom is 0.514 e. The van der Waals surface area contributed by atoms with Crippen molar-refractivity contribution in [2.24, 2.45) is 5.73 Å². The van der Waals surface area contributed by atoms with Gasteiger partial charge in [-0.05, 0) is 53.8 Å². The zero-order chi connectivity index (χ0) is 33.1. The largest absolute Gasteiger partial charge is 0.614 e. The van der Waals surface area contributed by atoms with E-state index < -0.39 is 63.0 Å². The molecule has 3 aromatic rings. The molecule has 0 saturated carbocycles. The summed E-state index contributed by atoms with van der Waals surface area (Å²) in [4.78, 5) is 65.0. The minimum absolute atomic E-state index is 0.0219. The van der Waals surface area contributed by atoms with E-state index in [1.807, 2.05) is 24.3 Å². The molecular formula is C32H32N4O9S. The van der Waals surface area contributed by atoms with Crippen LogP contribution in [0.25, 0.3) is 0 Å². The first-order chi connectivity index (χ1) is 22.0. The van der Waals surface area contributed by atoms with Gasteiger partial charge in [-0.25, -0.2) is 9.59 Å². The summed E-state index contributed by atoms with van der Waals surface area (Å²) in [6.45, 7) is 3.05. The topological polar surface area (TPSA) is 189 Å². The van der Waals surface area contributed by atoms with Crippen LogP contribution >= 0.6 is 0 Å². The lowest BCUT2D eigenvalue weighted by molar-refractivity contribution is -0.174. The maximum atomic E-state index is 13.7. The Bertz CT molecular complexity index is 1610. The van der Waals surface area contributed by atoms with E-state index in [1.54, 1.807) is 50.2 Å². The van der Waals surface area contributed by atoms with Gasteiger partial charge in [0.05, 0.1) is 0 Å². The summed E-state index contributed by atoms with van der Waals surface area (Å²) >= 11 is -1.94. The monoisotopic (exact) mass is 648 g/mol. The molecule has 0 bridgehead atoms. The number of hydrogen-bond acceptors (Lipinski definition) is 10. The molecule has 0 spiro atoms. The van der Waals surface area contributed by atoms with Crippen LogP contribution < -0.4 is 21.1 Å². The van der Waals surface area contributed by atoms with Crippen molar-refractivity contribution >= 4 is 41.5 Å². The van der Waals surface area contributed by atoms with Gasteiger partial charge >= 0.3 is 12.1 Å². The molecule has 0 aromatic heterocycles. The van der Waals surface area contributed by atoms with Crippen molar-refractivity contribution in [2.45, 2.75) is 54.9 Å². The number of benzene rings is 3. The van der Waals surface area contributed by atoms with Gasteiger partial charge in [-0.15, -0.1) is 0 Å². The number of carbonyl (C=O) groups is 5. The number of nitrogens with zero attached hydrogens (tertiary/aromatic N) is 1. The van der Waals surface area contributed by atoms with Crippen molar-refractivity contribution in [1.82, 2.24) is 15.5 Å². The van der Waals surface area contributed by atoms with Crippen molar-refractivity contribution in [3.8, 4) is 5.75 Å². The van der Waals surface area contributed by atoms with Crippen LogP contribution in [0, 0.1) is 0 Å². The van der Waals surface area contributed by atoms with Gasteiger partial charge in [0, 0.05) is 0 Å². The van der Waals surface area contributed by atoms with Gasteiger partial charge in [-0.1, -0.05) is 72.8 Å². The van der Waals surface area contributed by atoms with Crippen LogP contribution in [0.5, 0.6) is 5.75 Å².